The predicted molar refractivity (Wildman–Crippen MR) is 78.1 cm³/mol. The van der Waals surface area contributed by atoms with Crippen molar-refractivity contribution in [2.45, 2.75) is 6.36 Å². The number of benzene rings is 1. The summed E-state index contributed by atoms with van der Waals surface area (Å²) in [6, 6.07) is 2.25. The highest BCUT2D eigenvalue weighted by molar-refractivity contribution is 6.37. The summed E-state index contributed by atoms with van der Waals surface area (Å²) in [7, 11) is 0. The zero-order valence-corrected chi connectivity index (χ0v) is 12.5. The van der Waals surface area contributed by atoms with E-state index in [1.54, 1.807) is 0 Å². The molecule has 2 aromatic heterocycles. The molecule has 3 rings (SSSR count). The fourth-order valence-electron chi connectivity index (χ4n) is 1.78. The Balaban J connectivity index is 2.00. The smallest absolute Gasteiger partial charge is 0.403 e. The molecule has 3 aromatic rings. The third kappa shape index (κ3) is 3.57. The van der Waals surface area contributed by atoms with Crippen LogP contribution < -0.4 is 10.1 Å². The average Bonchev–Trinajstić information content (AvgIpc) is 2.88. The van der Waals surface area contributed by atoms with Gasteiger partial charge in [0.1, 0.15) is 11.2 Å². The Morgan fingerprint density at radius 2 is 1.96 bits per heavy atom. The van der Waals surface area contributed by atoms with Gasteiger partial charge in [-0.05, 0) is 6.07 Å². The van der Waals surface area contributed by atoms with Crippen molar-refractivity contribution in [2.24, 2.45) is 0 Å². The zero-order chi connectivity index (χ0) is 16.6. The first-order chi connectivity index (χ1) is 10.8. The van der Waals surface area contributed by atoms with Crippen LogP contribution in [-0.4, -0.2) is 26.3 Å². The van der Waals surface area contributed by atoms with Gasteiger partial charge >= 0.3 is 6.36 Å². The van der Waals surface area contributed by atoms with Gasteiger partial charge in [-0.1, -0.05) is 23.2 Å². The number of alkyl halides is 3. The van der Waals surface area contributed by atoms with Crippen LogP contribution in [0.2, 0.25) is 10.0 Å². The first-order valence-corrected chi connectivity index (χ1v) is 6.75. The summed E-state index contributed by atoms with van der Waals surface area (Å²) in [5.74, 6) is -0.596. The minimum absolute atomic E-state index is 0.000784. The summed E-state index contributed by atoms with van der Waals surface area (Å²) in [6.07, 6.45) is -2.07. The molecular formula is C12H6Cl2F3N5O. The lowest BCUT2D eigenvalue weighted by atomic mass is 10.3. The number of imidazole rings is 1. The van der Waals surface area contributed by atoms with E-state index < -0.39 is 12.1 Å². The lowest BCUT2D eigenvalue weighted by Crippen LogP contribution is -2.18. The molecule has 1 aromatic carbocycles. The molecule has 0 spiro atoms. The fraction of sp³-hybridized carbons (Fsp3) is 0.0833. The van der Waals surface area contributed by atoms with Gasteiger partial charge in [0.15, 0.2) is 11.4 Å². The summed E-state index contributed by atoms with van der Waals surface area (Å²) >= 11 is 11.7. The molecule has 0 bridgehead atoms. The minimum atomic E-state index is -4.91. The molecule has 0 aliphatic heterocycles. The van der Waals surface area contributed by atoms with Crippen LogP contribution in [0.4, 0.5) is 24.8 Å². The summed E-state index contributed by atoms with van der Waals surface area (Å²) < 4.78 is 41.5. The van der Waals surface area contributed by atoms with Crippen molar-refractivity contribution in [2.75, 3.05) is 5.32 Å². The van der Waals surface area contributed by atoms with E-state index in [1.165, 1.54) is 18.6 Å². The van der Waals surface area contributed by atoms with E-state index in [4.69, 9.17) is 23.2 Å². The molecule has 0 saturated carbocycles. The van der Waals surface area contributed by atoms with E-state index in [9.17, 15) is 13.2 Å². The van der Waals surface area contributed by atoms with E-state index in [1.807, 2.05) is 0 Å². The number of H-pyrrole nitrogens is 1. The third-order valence-corrected chi connectivity index (χ3v) is 3.17. The number of nitrogens with zero attached hydrogens (tertiary/aromatic N) is 3. The van der Waals surface area contributed by atoms with Crippen LogP contribution in [-0.2, 0) is 0 Å². The fourth-order valence-corrected chi connectivity index (χ4v) is 2.31. The summed E-state index contributed by atoms with van der Waals surface area (Å²) in [4.78, 5) is 14.7. The number of aromatic nitrogens is 4. The van der Waals surface area contributed by atoms with Gasteiger partial charge in [0.25, 0.3) is 0 Å². The maximum atomic E-state index is 12.5. The van der Waals surface area contributed by atoms with E-state index in [-0.39, 0.29) is 21.7 Å². The van der Waals surface area contributed by atoms with Crippen molar-refractivity contribution >= 4 is 46.0 Å². The van der Waals surface area contributed by atoms with Gasteiger partial charge in [-0.15, -0.1) is 13.2 Å². The molecule has 120 valence electrons. The second kappa shape index (κ2) is 5.74. The molecule has 0 atom stereocenters. The Kier molecular flexibility index (Phi) is 3.90. The number of hydrogen-bond donors (Lipinski definition) is 2. The number of anilines is 2. The predicted octanol–water partition coefficient (Wildman–Crippen LogP) is 4.30. The quantitative estimate of drug-likeness (QED) is 0.725. The molecule has 6 nitrogen and oxygen atoms in total. The highest BCUT2D eigenvalue weighted by Gasteiger charge is 2.33. The van der Waals surface area contributed by atoms with Crippen molar-refractivity contribution in [1.82, 2.24) is 19.9 Å². The molecule has 0 saturated heterocycles. The van der Waals surface area contributed by atoms with Crippen molar-refractivity contribution in [3.05, 3.63) is 34.7 Å². The molecule has 23 heavy (non-hydrogen) atoms. The summed E-state index contributed by atoms with van der Waals surface area (Å²) in [6.45, 7) is 0. The van der Waals surface area contributed by atoms with Gasteiger partial charge < -0.3 is 15.0 Å². The van der Waals surface area contributed by atoms with Crippen molar-refractivity contribution in [3.8, 4) is 5.75 Å². The van der Waals surface area contributed by atoms with Crippen LogP contribution in [0, 0.1) is 0 Å². The molecule has 0 amide bonds. The van der Waals surface area contributed by atoms with Crippen LogP contribution >= 0.6 is 23.2 Å². The first kappa shape index (κ1) is 15.6. The molecule has 2 heterocycles. The second-order valence-electron chi connectivity index (χ2n) is 4.27. The second-order valence-corrected chi connectivity index (χ2v) is 5.11. The third-order valence-electron chi connectivity index (χ3n) is 2.66. The van der Waals surface area contributed by atoms with E-state index in [0.717, 1.165) is 6.07 Å². The Morgan fingerprint density at radius 3 is 2.70 bits per heavy atom. The largest absolute Gasteiger partial charge is 0.573 e. The van der Waals surface area contributed by atoms with Gasteiger partial charge in [0.05, 0.1) is 17.5 Å². The van der Waals surface area contributed by atoms with Crippen LogP contribution in [0.5, 0.6) is 5.75 Å². The van der Waals surface area contributed by atoms with Gasteiger partial charge in [-0.2, -0.15) is 4.98 Å². The molecule has 0 aliphatic carbocycles. The highest BCUT2D eigenvalue weighted by Crippen LogP contribution is 2.39. The SMILES string of the molecule is FC(F)(F)Oc1cc(Cl)cc(Cl)c1Nc1ncc2[nH]cnc2n1. The maximum absolute atomic E-state index is 12.5. The summed E-state index contributed by atoms with van der Waals surface area (Å²) in [5, 5.41) is 2.49. The normalized spacial score (nSPS) is 11.7. The number of nitrogens with one attached hydrogen (secondary N) is 2. The number of fused-ring (bicyclic) bond motifs is 1. The maximum Gasteiger partial charge on any atom is 0.573 e. The zero-order valence-electron chi connectivity index (χ0n) is 10.9. The molecule has 11 heteroatoms. The average molecular weight is 364 g/mol. The molecule has 0 radical (unpaired) electrons. The molecule has 2 N–H and O–H groups in total. The van der Waals surface area contributed by atoms with E-state index in [2.05, 4.69) is 30.0 Å². The van der Waals surface area contributed by atoms with Crippen LogP contribution in [0.15, 0.2) is 24.7 Å². The monoisotopic (exact) mass is 363 g/mol. The Labute approximate surface area is 136 Å². The van der Waals surface area contributed by atoms with Gasteiger partial charge in [-0.3, -0.25) is 0 Å². The van der Waals surface area contributed by atoms with Crippen molar-refractivity contribution in [1.29, 1.82) is 0 Å². The Bertz CT molecular complexity index is 868. The lowest BCUT2D eigenvalue weighted by Gasteiger charge is -2.15. The standard InChI is InChI=1S/C12H6Cl2F3N5O/c13-5-1-6(14)9(8(2-5)23-12(15,16)17)21-11-18-3-7-10(22-11)20-4-19-7/h1-4H,(H2,18,19,20,21,22). The van der Waals surface area contributed by atoms with Crippen LogP contribution in [0.1, 0.15) is 0 Å². The molecular weight excluding hydrogens is 358 g/mol. The lowest BCUT2D eigenvalue weighted by molar-refractivity contribution is -0.274. The highest BCUT2D eigenvalue weighted by atomic mass is 35.5. The summed E-state index contributed by atoms with van der Waals surface area (Å²) in [5.41, 5.74) is 0.749. The van der Waals surface area contributed by atoms with Crippen LogP contribution in [0.25, 0.3) is 11.2 Å². The van der Waals surface area contributed by atoms with Gasteiger partial charge in [-0.25, -0.2) is 9.97 Å². The number of halogens is 5. The number of ether oxygens (including phenoxy) is 1. The van der Waals surface area contributed by atoms with Crippen molar-refractivity contribution < 1.29 is 17.9 Å². The molecule has 0 aliphatic rings. The number of rotatable bonds is 3. The van der Waals surface area contributed by atoms with E-state index >= 15 is 0 Å². The minimum Gasteiger partial charge on any atom is -0.403 e. The first-order valence-electron chi connectivity index (χ1n) is 6.00. The molecule has 0 fully saturated rings. The topological polar surface area (TPSA) is 75.7 Å². The number of hydrogen-bond acceptors (Lipinski definition) is 5. The van der Waals surface area contributed by atoms with E-state index in [0.29, 0.717) is 11.2 Å². The molecule has 0 unspecified atom stereocenters. The van der Waals surface area contributed by atoms with Crippen LogP contribution in [0.3, 0.4) is 0 Å². The van der Waals surface area contributed by atoms with Crippen molar-refractivity contribution in [3.63, 3.8) is 0 Å². The Morgan fingerprint density at radius 1 is 1.17 bits per heavy atom. The van der Waals surface area contributed by atoms with Gasteiger partial charge in [0.2, 0.25) is 5.95 Å². The number of aromatic amines is 1. The van der Waals surface area contributed by atoms with Gasteiger partial charge in [0, 0.05) is 11.1 Å². The Hall–Kier alpha value is -2.26.